The Balaban J connectivity index is 1.03. The zero-order chi connectivity index (χ0) is 35.2. The van der Waals surface area contributed by atoms with Crippen molar-refractivity contribution in [3.63, 3.8) is 0 Å². The number of benzene rings is 3. The van der Waals surface area contributed by atoms with Gasteiger partial charge >= 0.3 is 0 Å². The maximum Gasteiger partial charge on any atom is 0.295 e. The Labute approximate surface area is 294 Å². The van der Waals surface area contributed by atoms with Gasteiger partial charge in [0.25, 0.3) is 16.0 Å². The first kappa shape index (κ1) is 36.0. The molecule has 2 heterocycles. The zero-order valence-corrected chi connectivity index (χ0v) is 28.9. The molecule has 1 amide bonds. The molecule has 5 aromatic rings. The lowest BCUT2D eigenvalue weighted by Crippen LogP contribution is -2.24. The molecule has 3 N–H and O–H groups in total. The Morgan fingerprint density at radius 3 is 2.22 bits per heavy atom. The molecule has 50 heavy (non-hydrogen) atoms. The van der Waals surface area contributed by atoms with E-state index < -0.39 is 10.1 Å². The van der Waals surface area contributed by atoms with E-state index in [1.165, 1.54) is 12.3 Å². The second kappa shape index (κ2) is 17.9. The Morgan fingerprint density at radius 1 is 0.820 bits per heavy atom. The van der Waals surface area contributed by atoms with Gasteiger partial charge in [-0.25, -0.2) is 9.97 Å². The third kappa shape index (κ3) is 10.6. The van der Waals surface area contributed by atoms with Gasteiger partial charge in [0.05, 0.1) is 17.9 Å². The van der Waals surface area contributed by atoms with Crippen molar-refractivity contribution in [1.29, 1.82) is 0 Å². The minimum absolute atomic E-state index is 0.135. The molecule has 0 saturated heterocycles. The number of nitrogens with zero attached hydrogens (tertiary/aromatic N) is 2. The quantitative estimate of drug-likeness (QED) is 0.0656. The van der Waals surface area contributed by atoms with Gasteiger partial charge < -0.3 is 15.4 Å². The van der Waals surface area contributed by atoms with Gasteiger partial charge in [-0.15, -0.1) is 0 Å². The third-order valence-corrected chi connectivity index (χ3v) is 9.05. The van der Waals surface area contributed by atoms with Crippen LogP contribution in [0.5, 0.6) is 5.88 Å². The zero-order valence-electron chi connectivity index (χ0n) is 28.1. The normalized spacial score (nSPS) is 11.6. The van der Waals surface area contributed by atoms with E-state index in [1.807, 2.05) is 61.5 Å². The lowest BCUT2D eigenvalue weighted by molar-refractivity contribution is 0.0952. The first-order valence-corrected chi connectivity index (χ1v) is 18.2. The number of carbonyl (C=O) groups is 1. The summed E-state index contributed by atoms with van der Waals surface area (Å²) >= 11 is 0. The Kier molecular flexibility index (Phi) is 12.9. The molecule has 9 nitrogen and oxygen atoms in total. The molecule has 0 aliphatic carbocycles. The van der Waals surface area contributed by atoms with Crippen LogP contribution < -0.4 is 15.4 Å². The van der Waals surface area contributed by atoms with Crippen molar-refractivity contribution < 1.29 is 22.5 Å². The first-order valence-electron chi connectivity index (χ1n) is 16.8. The van der Waals surface area contributed by atoms with Crippen molar-refractivity contribution in [3.8, 4) is 28.3 Å². The van der Waals surface area contributed by atoms with Gasteiger partial charge in [-0.1, -0.05) is 110 Å². The van der Waals surface area contributed by atoms with E-state index in [9.17, 15) is 17.8 Å². The highest BCUT2D eigenvalue weighted by molar-refractivity contribution is 7.85. The predicted octanol–water partition coefficient (Wildman–Crippen LogP) is 8.33. The molecule has 0 aliphatic heterocycles. The van der Waals surface area contributed by atoms with Gasteiger partial charge in [-0.2, -0.15) is 8.42 Å². The van der Waals surface area contributed by atoms with Crippen LogP contribution in [0.1, 0.15) is 54.9 Å². The second-order valence-electron chi connectivity index (χ2n) is 11.8. The number of hydrogen-bond donors (Lipinski definition) is 3. The molecule has 0 fully saturated rings. The number of hydrogen-bond acceptors (Lipinski definition) is 7. The van der Waals surface area contributed by atoms with E-state index in [2.05, 4.69) is 33.8 Å². The molecule has 258 valence electrons. The lowest BCUT2D eigenvalue weighted by Gasteiger charge is -2.11. The standard InChI is InChI=1S/C40H42N4O5S/c1-2-30(25-33-19-11-12-20-37(33)50(46,47)48)28-42-38-22-21-34(29-43-38)40(45)41-23-13-3-4-14-24-49-39-27-35(31-15-7-5-8-16-31)26-36(44-39)32-17-9-6-10-18-32/h5-12,15-22,25-27,29H,2-4,13-14,23-24,28H2,1H3,(H,41,45)(H,42,43)(H,46,47,48). The molecule has 0 radical (unpaired) electrons. The van der Waals surface area contributed by atoms with Gasteiger partial charge in [-0.3, -0.25) is 9.35 Å². The molecular formula is C40H42N4O5S. The van der Waals surface area contributed by atoms with Crippen molar-refractivity contribution in [2.75, 3.05) is 25.0 Å². The highest BCUT2D eigenvalue weighted by Gasteiger charge is 2.14. The van der Waals surface area contributed by atoms with Crippen LogP contribution in [-0.4, -0.2) is 48.5 Å². The van der Waals surface area contributed by atoms with Crippen LogP contribution in [0, 0.1) is 0 Å². The van der Waals surface area contributed by atoms with Gasteiger partial charge in [0.1, 0.15) is 10.7 Å². The maximum absolute atomic E-state index is 12.7. The van der Waals surface area contributed by atoms with Gasteiger partial charge in [0, 0.05) is 30.9 Å². The fourth-order valence-electron chi connectivity index (χ4n) is 5.36. The number of carbonyl (C=O) groups excluding carboxylic acids is 1. The van der Waals surface area contributed by atoms with Crippen LogP contribution in [-0.2, 0) is 10.1 Å². The Morgan fingerprint density at radius 2 is 1.52 bits per heavy atom. The molecule has 0 spiro atoms. The van der Waals surface area contributed by atoms with Crippen LogP contribution in [0.4, 0.5) is 5.82 Å². The SMILES string of the molecule is CCC(=Cc1ccccc1S(=O)(=O)O)CNc1ccc(C(=O)NCCCCCCOc2cc(-c3ccccc3)cc(-c3ccccc3)n2)cn1. The van der Waals surface area contributed by atoms with Crippen LogP contribution in [0.15, 0.2) is 126 Å². The fraction of sp³-hybridized carbons (Fsp3) is 0.225. The van der Waals surface area contributed by atoms with Crippen LogP contribution >= 0.6 is 0 Å². The van der Waals surface area contributed by atoms with Crippen molar-refractivity contribution in [1.82, 2.24) is 15.3 Å². The average Bonchev–Trinajstić information content (AvgIpc) is 3.15. The second-order valence-corrected chi connectivity index (χ2v) is 13.2. The summed E-state index contributed by atoms with van der Waals surface area (Å²) in [5.74, 6) is 1.02. The number of unbranched alkanes of at least 4 members (excludes halogenated alkanes) is 3. The van der Waals surface area contributed by atoms with E-state index in [1.54, 1.807) is 36.4 Å². The first-order chi connectivity index (χ1) is 24.3. The van der Waals surface area contributed by atoms with Gasteiger partial charge in [0.2, 0.25) is 5.88 Å². The number of nitrogens with one attached hydrogen (secondary N) is 2. The summed E-state index contributed by atoms with van der Waals surface area (Å²) in [5.41, 5.74) is 5.90. The highest BCUT2D eigenvalue weighted by atomic mass is 32.2. The summed E-state index contributed by atoms with van der Waals surface area (Å²) in [7, 11) is -4.33. The minimum atomic E-state index is -4.33. The topological polar surface area (TPSA) is 131 Å². The fourth-order valence-corrected chi connectivity index (χ4v) is 6.04. The smallest absolute Gasteiger partial charge is 0.295 e. The number of amides is 1. The number of anilines is 1. The summed E-state index contributed by atoms with van der Waals surface area (Å²) in [6.07, 6.45) is 7.60. The van der Waals surface area contributed by atoms with E-state index in [0.717, 1.165) is 53.6 Å². The monoisotopic (exact) mass is 690 g/mol. The van der Waals surface area contributed by atoms with E-state index in [0.29, 0.717) is 48.9 Å². The number of pyridine rings is 2. The van der Waals surface area contributed by atoms with E-state index in [-0.39, 0.29) is 10.8 Å². The van der Waals surface area contributed by atoms with E-state index in [4.69, 9.17) is 9.72 Å². The number of aromatic nitrogens is 2. The summed E-state index contributed by atoms with van der Waals surface area (Å²) in [4.78, 5) is 21.7. The maximum atomic E-state index is 12.7. The van der Waals surface area contributed by atoms with Crippen molar-refractivity contribution in [2.45, 2.75) is 43.9 Å². The molecule has 0 bridgehead atoms. The Bertz CT molecular complexity index is 1930. The number of ether oxygens (including phenoxy) is 1. The predicted molar refractivity (Wildman–Crippen MR) is 199 cm³/mol. The Hall–Kier alpha value is -5.32. The lowest BCUT2D eigenvalue weighted by atomic mass is 10.0. The van der Waals surface area contributed by atoms with Gasteiger partial charge in [0.15, 0.2) is 0 Å². The summed E-state index contributed by atoms with van der Waals surface area (Å²) in [5, 5.41) is 6.17. The summed E-state index contributed by atoms with van der Waals surface area (Å²) in [6, 6.07) is 34.2. The largest absolute Gasteiger partial charge is 0.478 e. The summed E-state index contributed by atoms with van der Waals surface area (Å²) in [6.45, 7) is 3.51. The van der Waals surface area contributed by atoms with Crippen LogP contribution in [0.25, 0.3) is 28.5 Å². The molecule has 10 heteroatoms. The summed E-state index contributed by atoms with van der Waals surface area (Å²) < 4.78 is 39.1. The van der Waals surface area contributed by atoms with Crippen molar-refractivity contribution >= 4 is 27.9 Å². The molecule has 0 aliphatic rings. The molecule has 0 unspecified atom stereocenters. The van der Waals surface area contributed by atoms with Crippen LogP contribution in [0.2, 0.25) is 0 Å². The minimum Gasteiger partial charge on any atom is -0.478 e. The van der Waals surface area contributed by atoms with Gasteiger partial charge in [-0.05, 0) is 60.2 Å². The molecule has 3 aromatic carbocycles. The average molecular weight is 691 g/mol. The van der Waals surface area contributed by atoms with Crippen molar-refractivity contribution in [2.24, 2.45) is 0 Å². The highest BCUT2D eigenvalue weighted by Crippen LogP contribution is 2.29. The third-order valence-electron chi connectivity index (χ3n) is 8.12. The number of rotatable bonds is 17. The molecule has 0 atom stereocenters. The van der Waals surface area contributed by atoms with Crippen molar-refractivity contribution in [3.05, 3.63) is 132 Å². The molecule has 2 aromatic heterocycles. The molecular weight excluding hydrogens is 649 g/mol. The molecule has 0 saturated carbocycles. The molecule has 5 rings (SSSR count). The van der Waals surface area contributed by atoms with Crippen LogP contribution in [0.3, 0.4) is 0 Å². The van der Waals surface area contributed by atoms with E-state index >= 15 is 0 Å².